The Balaban J connectivity index is 1.82. The molecule has 5 heteroatoms. The Morgan fingerprint density at radius 2 is 2.40 bits per heavy atom. The lowest BCUT2D eigenvalue weighted by Crippen LogP contribution is -1.89. The SMILES string of the molecule is Cn1ccc(CCCc2n[nH]c(=S)o2)c1. The summed E-state index contributed by atoms with van der Waals surface area (Å²) in [6.45, 7) is 0. The Bertz CT molecular complexity index is 483. The highest BCUT2D eigenvalue weighted by molar-refractivity contribution is 7.71. The standard InChI is InChI=1S/C10H13N3OS/c1-13-6-5-8(7-13)3-2-4-9-11-12-10(15)14-9/h5-7H,2-4H2,1H3,(H,12,15). The molecule has 0 aliphatic heterocycles. The van der Waals surface area contributed by atoms with Crippen molar-refractivity contribution in [3.63, 3.8) is 0 Å². The molecule has 80 valence electrons. The highest BCUT2D eigenvalue weighted by Gasteiger charge is 2.00. The molecule has 0 saturated heterocycles. The van der Waals surface area contributed by atoms with Crippen LogP contribution in [0.2, 0.25) is 0 Å². The van der Waals surface area contributed by atoms with Crippen LogP contribution in [0, 0.1) is 4.84 Å². The number of nitrogens with one attached hydrogen (secondary N) is 1. The van der Waals surface area contributed by atoms with Gasteiger partial charge in [0, 0.05) is 25.9 Å². The number of aromatic amines is 1. The molecule has 0 fully saturated rings. The first-order chi connectivity index (χ1) is 7.24. The highest BCUT2D eigenvalue weighted by Crippen LogP contribution is 2.06. The fourth-order valence-electron chi connectivity index (χ4n) is 1.52. The molecule has 0 aliphatic rings. The van der Waals surface area contributed by atoms with Crippen molar-refractivity contribution in [2.75, 3.05) is 0 Å². The first kappa shape index (κ1) is 10.2. The van der Waals surface area contributed by atoms with Gasteiger partial charge < -0.3 is 8.98 Å². The van der Waals surface area contributed by atoms with Crippen molar-refractivity contribution in [2.24, 2.45) is 7.05 Å². The van der Waals surface area contributed by atoms with Crippen molar-refractivity contribution in [3.8, 4) is 0 Å². The van der Waals surface area contributed by atoms with E-state index >= 15 is 0 Å². The Morgan fingerprint density at radius 3 is 3.00 bits per heavy atom. The van der Waals surface area contributed by atoms with Crippen molar-refractivity contribution in [3.05, 3.63) is 34.8 Å². The molecule has 0 aromatic carbocycles. The van der Waals surface area contributed by atoms with Gasteiger partial charge in [-0.2, -0.15) is 0 Å². The van der Waals surface area contributed by atoms with Gasteiger partial charge in [0.1, 0.15) is 0 Å². The van der Waals surface area contributed by atoms with E-state index < -0.39 is 0 Å². The van der Waals surface area contributed by atoms with Crippen LogP contribution in [0.15, 0.2) is 22.9 Å². The zero-order valence-corrected chi connectivity index (χ0v) is 9.38. The predicted molar refractivity (Wildman–Crippen MR) is 59.1 cm³/mol. The van der Waals surface area contributed by atoms with E-state index in [-0.39, 0.29) is 0 Å². The molecule has 0 aliphatic carbocycles. The van der Waals surface area contributed by atoms with E-state index in [0.29, 0.717) is 10.7 Å². The van der Waals surface area contributed by atoms with E-state index in [9.17, 15) is 0 Å². The summed E-state index contributed by atoms with van der Waals surface area (Å²) in [6, 6.07) is 2.13. The smallest absolute Gasteiger partial charge is 0.284 e. The summed E-state index contributed by atoms with van der Waals surface area (Å²) in [5.74, 6) is 0.691. The summed E-state index contributed by atoms with van der Waals surface area (Å²) < 4.78 is 7.22. The second-order valence-electron chi connectivity index (χ2n) is 3.55. The van der Waals surface area contributed by atoms with Crippen molar-refractivity contribution in [2.45, 2.75) is 19.3 Å². The van der Waals surface area contributed by atoms with Gasteiger partial charge in [0.2, 0.25) is 5.89 Å². The van der Waals surface area contributed by atoms with Gasteiger partial charge in [-0.05, 0) is 36.7 Å². The fraction of sp³-hybridized carbons (Fsp3) is 0.400. The van der Waals surface area contributed by atoms with E-state index in [1.54, 1.807) is 0 Å². The zero-order valence-electron chi connectivity index (χ0n) is 8.56. The minimum absolute atomic E-state index is 0.352. The molecule has 0 saturated carbocycles. The minimum atomic E-state index is 0.352. The number of aromatic nitrogens is 3. The van der Waals surface area contributed by atoms with Crippen LogP contribution < -0.4 is 0 Å². The summed E-state index contributed by atoms with van der Waals surface area (Å²) in [7, 11) is 2.02. The van der Waals surface area contributed by atoms with Crippen LogP contribution >= 0.6 is 12.2 Å². The van der Waals surface area contributed by atoms with Crippen LogP contribution in [-0.4, -0.2) is 14.8 Å². The largest absolute Gasteiger partial charge is 0.414 e. The second-order valence-corrected chi connectivity index (χ2v) is 3.92. The average molecular weight is 223 g/mol. The molecule has 4 nitrogen and oxygen atoms in total. The van der Waals surface area contributed by atoms with Crippen molar-refractivity contribution in [1.82, 2.24) is 14.8 Å². The molecule has 15 heavy (non-hydrogen) atoms. The number of aryl methyl sites for hydroxylation is 3. The lowest BCUT2D eigenvalue weighted by Gasteiger charge is -1.94. The normalized spacial score (nSPS) is 10.7. The summed E-state index contributed by atoms with van der Waals surface area (Å²) in [6.07, 6.45) is 7.06. The Labute approximate surface area is 92.9 Å². The fourth-order valence-corrected chi connectivity index (χ4v) is 1.66. The van der Waals surface area contributed by atoms with Crippen LogP contribution in [-0.2, 0) is 19.9 Å². The quantitative estimate of drug-likeness (QED) is 0.809. The Hall–Kier alpha value is -1.36. The number of hydrogen-bond donors (Lipinski definition) is 1. The Morgan fingerprint density at radius 1 is 1.53 bits per heavy atom. The lowest BCUT2D eigenvalue weighted by atomic mass is 10.1. The molecular formula is C10H13N3OS. The maximum absolute atomic E-state index is 5.17. The van der Waals surface area contributed by atoms with Crippen molar-refractivity contribution < 1.29 is 4.42 Å². The molecule has 2 aromatic heterocycles. The van der Waals surface area contributed by atoms with Gasteiger partial charge in [0.25, 0.3) is 4.84 Å². The molecular weight excluding hydrogens is 210 g/mol. The number of H-pyrrole nitrogens is 1. The monoisotopic (exact) mass is 223 g/mol. The zero-order chi connectivity index (χ0) is 10.7. The van der Waals surface area contributed by atoms with Gasteiger partial charge >= 0.3 is 0 Å². The molecule has 1 N–H and O–H groups in total. The summed E-state index contributed by atoms with van der Waals surface area (Å²) >= 11 is 4.79. The molecule has 0 spiro atoms. The van der Waals surface area contributed by atoms with E-state index in [2.05, 4.69) is 33.2 Å². The molecule has 2 aromatic rings. The molecule has 0 amide bonds. The maximum Gasteiger partial charge on any atom is 0.284 e. The molecule has 2 rings (SSSR count). The van der Waals surface area contributed by atoms with Gasteiger partial charge in [0.15, 0.2) is 0 Å². The van der Waals surface area contributed by atoms with Gasteiger partial charge in [0.05, 0.1) is 0 Å². The predicted octanol–water partition coefficient (Wildman–Crippen LogP) is 2.25. The van der Waals surface area contributed by atoms with Crippen molar-refractivity contribution in [1.29, 1.82) is 0 Å². The Kier molecular flexibility index (Phi) is 3.01. The topological polar surface area (TPSA) is 46.8 Å². The first-order valence-corrected chi connectivity index (χ1v) is 5.30. The van der Waals surface area contributed by atoms with Crippen LogP contribution in [0.4, 0.5) is 0 Å². The summed E-state index contributed by atoms with van der Waals surface area (Å²) in [5.41, 5.74) is 1.34. The van der Waals surface area contributed by atoms with E-state index in [4.69, 9.17) is 16.6 Å². The van der Waals surface area contributed by atoms with Crippen LogP contribution in [0.1, 0.15) is 17.9 Å². The van der Waals surface area contributed by atoms with Crippen LogP contribution in [0.3, 0.4) is 0 Å². The molecule has 0 bridgehead atoms. The average Bonchev–Trinajstić information content (AvgIpc) is 2.76. The van der Waals surface area contributed by atoms with Gasteiger partial charge in [-0.3, -0.25) is 0 Å². The lowest BCUT2D eigenvalue weighted by molar-refractivity contribution is 0.474. The van der Waals surface area contributed by atoms with Crippen LogP contribution in [0.5, 0.6) is 0 Å². The first-order valence-electron chi connectivity index (χ1n) is 4.89. The highest BCUT2D eigenvalue weighted by atomic mass is 32.1. The number of nitrogens with zero attached hydrogens (tertiary/aromatic N) is 2. The number of rotatable bonds is 4. The minimum Gasteiger partial charge on any atom is -0.414 e. The van der Waals surface area contributed by atoms with E-state index in [0.717, 1.165) is 19.3 Å². The molecule has 0 unspecified atom stereocenters. The van der Waals surface area contributed by atoms with Gasteiger partial charge in [-0.15, -0.1) is 5.10 Å². The second kappa shape index (κ2) is 4.44. The van der Waals surface area contributed by atoms with Gasteiger partial charge in [-0.25, -0.2) is 5.10 Å². The van der Waals surface area contributed by atoms with E-state index in [1.807, 2.05) is 7.05 Å². The summed E-state index contributed by atoms with van der Waals surface area (Å²) in [5, 5.41) is 6.57. The van der Waals surface area contributed by atoms with Crippen molar-refractivity contribution >= 4 is 12.2 Å². The molecule has 0 atom stereocenters. The third kappa shape index (κ3) is 2.79. The van der Waals surface area contributed by atoms with Crippen LogP contribution in [0.25, 0.3) is 0 Å². The third-order valence-corrected chi connectivity index (χ3v) is 2.41. The van der Waals surface area contributed by atoms with Gasteiger partial charge in [-0.1, -0.05) is 0 Å². The van der Waals surface area contributed by atoms with E-state index in [1.165, 1.54) is 5.56 Å². The maximum atomic E-state index is 5.17. The summed E-state index contributed by atoms with van der Waals surface area (Å²) in [4.78, 5) is 0.352. The third-order valence-electron chi connectivity index (χ3n) is 2.23. The number of hydrogen-bond acceptors (Lipinski definition) is 3. The molecule has 0 radical (unpaired) electrons. The molecule has 2 heterocycles.